The Morgan fingerprint density at radius 1 is 1.50 bits per heavy atom. The van der Waals surface area contributed by atoms with Gasteiger partial charge >= 0.3 is 0 Å². The molecular weight excluding hydrogens is 149 g/mol. The van der Waals surface area contributed by atoms with E-state index in [0.717, 1.165) is 6.42 Å². The maximum atomic E-state index is 3.49. The van der Waals surface area contributed by atoms with Crippen LogP contribution in [-0.4, -0.2) is 0 Å². The summed E-state index contributed by atoms with van der Waals surface area (Å²) >= 11 is 0. The molecule has 0 aliphatic heterocycles. The predicted octanol–water partition coefficient (Wildman–Crippen LogP) is 2.31. The smallest absolute Gasteiger partial charge is 0 e. The van der Waals surface area contributed by atoms with Crippen LogP contribution in [0.1, 0.15) is 20.8 Å². The van der Waals surface area contributed by atoms with Crippen molar-refractivity contribution in [2.45, 2.75) is 20.8 Å². The first-order chi connectivity index (χ1) is 1.41. The summed E-state index contributed by atoms with van der Waals surface area (Å²) < 4.78 is 0. The normalized spacial score (nSPS) is 3.00. The minimum absolute atomic E-state index is 0. The molecule has 0 aliphatic rings. The van der Waals surface area contributed by atoms with Crippen LogP contribution < -0.4 is 0 Å². The summed E-state index contributed by atoms with van der Waals surface area (Å²) in [5.74, 6) is 0. The van der Waals surface area contributed by atoms with Gasteiger partial charge in [0.15, 0.2) is 0 Å². The average molecular weight is 163 g/mol. The largest absolute Gasteiger partial charge is 0.358 e. The van der Waals surface area contributed by atoms with Gasteiger partial charge in [0.1, 0.15) is 0 Å². The van der Waals surface area contributed by atoms with Gasteiger partial charge in [0.05, 0.1) is 0 Å². The summed E-state index contributed by atoms with van der Waals surface area (Å²) in [7, 11) is 0. The van der Waals surface area contributed by atoms with Gasteiger partial charge in [0.2, 0.25) is 0 Å². The fraction of sp³-hybridized carbons (Fsp3) is 0.600. The van der Waals surface area contributed by atoms with Crippen LogP contribution in [0.5, 0.6) is 0 Å². The third-order valence-electron chi connectivity index (χ3n) is 0. The molecule has 6 heavy (non-hydrogen) atoms. The van der Waals surface area contributed by atoms with E-state index in [2.05, 4.69) is 6.92 Å². The first-order valence-corrected chi connectivity index (χ1v) is 1.21. The summed E-state index contributed by atoms with van der Waals surface area (Å²) in [6.07, 6.45) is 1.00. The topological polar surface area (TPSA) is 0 Å². The molecule has 1 heteroatoms. The molecule has 0 atom stereocenters. The van der Waals surface area contributed by atoms with Crippen molar-refractivity contribution in [3.63, 3.8) is 0 Å². The fourth-order valence-electron chi connectivity index (χ4n) is 0. The van der Waals surface area contributed by atoms with Crippen molar-refractivity contribution in [2.75, 3.05) is 0 Å². The molecule has 0 heterocycles. The first-order valence-electron chi connectivity index (χ1n) is 1.21. The quantitative estimate of drug-likeness (QED) is 0.480. The Kier molecular flexibility index (Phi) is 164. The van der Waals surface area contributed by atoms with E-state index in [1.54, 1.807) is 0 Å². The molecule has 0 N–H and O–H groups in total. The van der Waals surface area contributed by atoms with Crippen molar-refractivity contribution in [1.29, 1.82) is 0 Å². The van der Waals surface area contributed by atoms with Crippen molar-refractivity contribution in [3.8, 4) is 0 Å². The Balaban J connectivity index is -0.00000000667. The van der Waals surface area contributed by atoms with Gasteiger partial charge in [-0.25, -0.2) is 0 Å². The van der Waals surface area contributed by atoms with Crippen LogP contribution >= 0.6 is 0 Å². The van der Waals surface area contributed by atoms with Crippen LogP contribution in [0, 0.1) is 14.4 Å². The second-order valence-corrected chi connectivity index (χ2v) is 0.500. The maximum absolute atomic E-state index is 3.49. The van der Waals surface area contributed by atoms with Gasteiger partial charge < -0.3 is 14.4 Å². The van der Waals surface area contributed by atoms with Crippen LogP contribution in [0.25, 0.3) is 0 Å². The zero-order chi connectivity index (χ0) is 2.71. The second-order valence-electron chi connectivity index (χ2n) is 0.500. The van der Waals surface area contributed by atoms with Crippen molar-refractivity contribution < 1.29 is 32.7 Å². The Bertz CT molecular complexity index is 3.90. The minimum atomic E-state index is 0. The van der Waals surface area contributed by atoms with Gasteiger partial charge in [0, 0.05) is 32.7 Å². The van der Waals surface area contributed by atoms with E-state index in [0.29, 0.717) is 0 Å². The third-order valence-corrected chi connectivity index (χ3v) is 0. The molecule has 0 aromatic heterocycles. The van der Waals surface area contributed by atoms with Crippen LogP contribution in [-0.2, 0) is 32.7 Å². The van der Waals surface area contributed by atoms with Crippen LogP contribution in [0.15, 0.2) is 0 Å². The third kappa shape index (κ3) is 70.5. The van der Waals surface area contributed by atoms with Crippen LogP contribution in [0.3, 0.4) is 0 Å². The molecule has 0 saturated carbocycles. The van der Waals surface area contributed by atoms with Crippen LogP contribution in [0.2, 0.25) is 0 Å². The number of hydrogen-bond acceptors (Lipinski definition) is 0. The fourth-order valence-corrected chi connectivity index (χ4v) is 0. The zero-order valence-corrected chi connectivity index (χ0v) is 6.83. The molecule has 0 amide bonds. The molecule has 0 nitrogen and oxygen atoms in total. The molecule has 0 spiro atoms. The van der Waals surface area contributed by atoms with Crippen molar-refractivity contribution >= 4 is 0 Å². The Morgan fingerprint density at radius 2 is 1.50 bits per heavy atom. The van der Waals surface area contributed by atoms with Crippen molar-refractivity contribution in [3.05, 3.63) is 14.4 Å². The van der Waals surface area contributed by atoms with E-state index in [4.69, 9.17) is 0 Å². The van der Waals surface area contributed by atoms with Crippen molar-refractivity contribution in [2.24, 2.45) is 0 Å². The standard InChI is InChI=1S/C3H7.CH4.CH3.Y/c1-3-2;;;/h1,3H2,2H3;1H4;1H3;/q-1;;-1;. The predicted molar refractivity (Wildman–Crippen MR) is 28.8 cm³/mol. The molecule has 1 radical (unpaired) electrons. The van der Waals surface area contributed by atoms with Gasteiger partial charge in [-0.15, -0.1) is 0 Å². The maximum Gasteiger partial charge on any atom is 0 e. The molecule has 0 bridgehead atoms. The van der Waals surface area contributed by atoms with Gasteiger partial charge in [-0.05, 0) is 0 Å². The zero-order valence-electron chi connectivity index (χ0n) is 3.99. The van der Waals surface area contributed by atoms with E-state index in [1.807, 2.05) is 6.92 Å². The van der Waals surface area contributed by atoms with E-state index in [1.165, 1.54) is 0 Å². The van der Waals surface area contributed by atoms with Gasteiger partial charge in [-0.1, -0.05) is 14.4 Å². The van der Waals surface area contributed by atoms with Gasteiger partial charge in [-0.3, -0.25) is 0 Å². The van der Waals surface area contributed by atoms with E-state index >= 15 is 0 Å². The molecule has 0 saturated heterocycles. The molecule has 0 aromatic rings. The Hall–Kier alpha value is 1.10. The van der Waals surface area contributed by atoms with Crippen LogP contribution in [0.4, 0.5) is 0 Å². The summed E-state index contributed by atoms with van der Waals surface area (Å²) in [5, 5.41) is 0. The summed E-state index contributed by atoms with van der Waals surface area (Å²) in [5.41, 5.74) is 0. The summed E-state index contributed by atoms with van der Waals surface area (Å²) in [4.78, 5) is 0. The second kappa shape index (κ2) is 35.9. The molecule has 39 valence electrons. The number of hydrogen-bond donors (Lipinski definition) is 0. The first kappa shape index (κ1) is 27.5. The van der Waals surface area contributed by atoms with Gasteiger partial charge in [0.25, 0.3) is 0 Å². The van der Waals surface area contributed by atoms with Gasteiger partial charge in [-0.2, -0.15) is 6.42 Å². The summed E-state index contributed by atoms with van der Waals surface area (Å²) in [6, 6.07) is 0. The monoisotopic (exact) mass is 163 g/mol. The summed E-state index contributed by atoms with van der Waals surface area (Å²) in [6.45, 7) is 5.50. The van der Waals surface area contributed by atoms with E-state index in [-0.39, 0.29) is 47.6 Å². The van der Waals surface area contributed by atoms with Crippen molar-refractivity contribution in [1.82, 2.24) is 0 Å². The molecule has 0 fully saturated rings. The van der Waals surface area contributed by atoms with E-state index < -0.39 is 0 Å². The number of rotatable bonds is 0. The molecule has 0 aromatic carbocycles. The SMILES string of the molecule is C.[CH2-]CC.[CH3-].[Y]. The molecular formula is C5H14Y-2. The average Bonchev–Trinajstić information content (AvgIpc) is 0.918. The van der Waals surface area contributed by atoms with E-state index in [9.17, 15) is 0 Å². The minimum Gasteiger partial charge on any atom is -0.358 e. The Morgan fingerprint density at radius 3 is 1.50 bits per heavy atom. The molecule has 0 aliphatic carbocycles. The molecule has 0 rings (SSSR count). The Labute approximate surface area is 67.6 Å². The molecule has 0 unspecified atom stereocenters.